The maximum atomic E-state index is 11.4. The molecule has 0 spiro atoms. The van der Waals surface area contributed by atoms with Crippen LogP contribution in [0.1, 0.15) is 77.5 Å². The fourth-order valence-corrected chi connectivity index (χ4v) is 8.25. The van der Waals surface area contributed by atoms with E-state index in [1.54, 1.807) is 0 Å². The first-order valence-electron chi connectivity index (χ1n) is 11.9. The number of para-hydroxylation sites is 2. The molecule has 1 aromatic carbocycles. The first-order valence-corrected chi connectivity index (χ1v) is 11.9. The SMILES string of the molecule is C[C@]12CCCCC1CCC1C2CC[C@]2(C)C(O)=C(c3nc4ccccc4[nH]3)CC12. The highest BCUT2D eigenvalue weighted by molar-refractivity contribution is 5.79. The van der Waals surface area contributed by atoms with Gasteiger partial charge in [-0.1, -0.05) is 38.8 Å². The quantitative estimate of drug-likeness (QED) is 0.558. The van der Waals surface area contributed by atoms with Gasteiger partial charge < -0.3 is 10.1 Å². The zero-order valence-corrected chi connectivity index (χ0v) is 17.9. The number of nitrogens with one attached hydrogen (secondary N) is 1. The second-order valence-corrected chi connectivity index (χ2v) is 11.0. The van der Waals surface area contributed by atoms with E-state index in [4.69, 9.17) is 4.98 Å². The molecule has 6 rings (SSSR count). The standard InChI is InChI=1S/C26H34N2O/c1-25-13-6-5-7-16(25)10-11-17-19(25)12-14-26(2)20(17)15-18(23(26)29)24-27-21-8-3-4-9-22(21)28-24/h3-4,8-9,16-17,19-20,29H,5-7,10-15H2,1-2H3,(H,27,28)/t16?,17?,19?,20?,25-,26-/m0/s1. The van der Waals surface area contributed by atoms with E-state index in [0.29, 0.717) is 17.1 Å². The third-order valence-electron chi connectivity index (χ3n) is 9.90. The molecule has 0 amide bonds. The molecule has 0 aliphatic heterocycles. The van der Waals surface area contributed by atoms with Gasteiger partial charge in [-0.25, -0.2) is 4.98 Å². The van der Waals surface area contributed by atoms with Crippen LogP contribution in [0.3, 0.4) is 0 Å². The van der Waals surface area contributed by atoms with Crippen LogP contribution in [-0.4, -0.2) is 15.1 Å². The number of hydrogen-bond donors (Lipinski definition) is 2. The van der Waals surface area contributed by atoms with E-state index in [0.717, 1.165) is 53.0 Å². The Bertz CT molecular complexity index is 957. The first kappa shape index (κ1) is 18.0. The predicted octanol–water partition coefficient (Wildman–Crippen LogP) is 6.87. The van der Waals surface area contributed by atoms with Crippen molar-refractivity contribution in [1.29, 1.82) is 0 Å². The molecule has 0 bridgehead atoms. The smallest absolute Gasteiger partial charge is 0.137 e. The van der Waals surface area contributed by atoms with Gasteiger partial charge in [0.15, 0.2) is 0 Å². The number of hydrogen-bond acceptors (Lipinski definition) is 2. The Hall–Kier alpha value is -1.77. The summed E-state index contributed by atoms with van der Waals surface area (Å²) in [6.45, 7) is 4.97. The van der Waals surface area contributed by atoms with E-state index < -0.39 is 0 Å². The van der Waals surface area contributed by atoms with Crippen molar-refractivity contribution in [3.63, 3.8) is 0 Å². The monoisotopic (exact) mass is 390 g/mol. The lowest BCUT2D eigenvalue weighted by atomic mass is 9.45. The third-order valence-corrected chi connectivity index (χ3v) is 9.90. The maximum Gasteiger partial charge on any atom is 0.137 e. The van der Waals surface area contributed by atoms with Gasteiger partial charge in [-0.15, -0.1) is 0 Å². The van der Waals surface area contributed by atoms with Gasteiger partial charge in [-0.2, -0.15) is 0 Å². The Balaban J connectivity index is 1.36. The van der Waals surface area contributed by atoms with Crippen LogP contribution in [0.4, 0.5) is 0 Å². The molecular weight excluding hydrogens is 356 g/mol. The van der Waals surface area contributed by atoms with Crippen LogP contribution in [-0.2, 0) is 0 Å². The van der Waals surface area contributed by atoms with Crippen LogP contribution in [0, 0.1) is 34.5 Å². The average molecular weight is 391 g/mol. The molecule has 0 radical (unpaired) electrons. The zero-order valence-electron chi connectivity index (χ0n) is 17.9. The Morgan fingerprint density at radius 2 is 1.86 bits per heavy atom. The molecule has 3 fully saturated rings. The molecule has 6 atom stereocenters. The second-order valence-electron chi connectivity index (χ2n) is 11.0. The van der Waals surface area contributed by atoms with Gasteiger partial charge >= 0.3 is 0 Å². The van der Waals surface area contributed by atoms with Gasteiger partial charge in [0.05, 0.1) is 11.0 Å². The van der Waals surface area contributed by atoms with Crippen LogP contribution in [0.5, 0.6) is 0 Å². The molecule has 1 heterocycles. The summed E-state index contributed by atoms with van der Waals surface area (Å²) in [6.07, 6.45) is 11.9. The second kappa shape index (κ2) is 6.12. The first-order chi connectivity index (χ1) is 14.0. The lowest BCUT2D eigenvalue weighted by Crippen LogP contribution is -2.52. The minimum absolute atomic E-state index is 0.0622. The summed E-state index contributed by atoms with van der Waals surface area (Å²) in [5.41, 5.74) is 3.63. The summed E-state index contributed by atoms with van der Waals surface area (Å²) in [5.74, 6) is 4.66. The minimum Gasteiger partial charge on any atom is -0.511 e. The van der Waals surface area contributed by atoms with E-state index in [1.807, 2.05) is 12.1 Å². The predicted molar refractivity (Wildman–Crippen MR) is 117 cm³/mol. The van der Waals surface area contributed by atoms with Crippen LogP contribution in [0.2, 0.25) is 0 Å². The molecule has 1 aromatic heterocycles. The summed E-state index contributed by atoms with van der Waals surface area (Å²) in [5, 5.41) is 11.4. The molecule has 4 aliphatic rings. The molecule has 2 aromatic rings. The van der Waals surface area contributed by atoms with Crippen molar-refractivity contribution in [3.8, 4) is 0 Å². The number of imidazole rings is 1. The molecule has 2 N–H and O–H groups in total. The number of allylic oxidation sites excluding steroid dienone is 2. The van der Waals surface area contributed by atoms with E-state index in [2.05, 4.69) is 31.0 Å². The molecule has 154 valence electrons. The molecule has 0 saturated heterocycles. The van der Waals surface area contributed by atoms with Crippen molar-refractivity contribution < 1.29 is 5.11 Å². The van der Waals surface area contributed by atoms with E-state index in [1.165, 1.54) is 44.9 Å². The number of aromatic amines is 1. The van der Waals surface area contributed by atoms with Crippen molar-refractivity contribution in [3.05, 3.63) is 35.8 Å². The molecular formula is C26H34N2O. The summed E-state index contributed by atoms with van der Waals surface area (Å²) in [7, 11) is 0. The summed E-state index contributed by atoms with van der Waals surface area (Å²) in [6, 6.07) is 8.21. The van der Waals surface area contributed by atoms with Crippen molar-refractivity contribution in [2.75, 3.05) is 0 Å². The lowest BCUT2D eigenvalue weighted by molar-refractivity contribution is -0.104. The Labute approximate surface area is 174 Å². The van der Waals surface area contributed by atoms with Gasteiger partial charge in [0.2, 0.25) is 0 Å². The minimum atomic E-state index is -0.0622. The van der Waals surface area contributed by atoms with Crippen molar-refractivity contribution in [1.82, 2.24) is 9.97 Å². The molecule has 3 saturated carbocycles. The number of nitrogens with zero attached hydrogens (tertiary/aromatic N) is 1. The van der Waals surface area contributed by atoms with Crippen LogP contribution in [0.25, 0.3) is 16.6 Å². The topological polar surface area (TPSA) is 48.9 Å². The number of H-pyrrole nitrogens is 1. The number of rotatable bonds is 1. The van der Waals surface area contributed by atoms with E-state index in [-0.39, 0.29) is 5.41 Å². The molecule has 3 nitrogen and oxygen atoms in total. The van der Waals surface area contributed by atoms with Crippen molar-refractivity contribution in [2.45, 2.75) is 71.6 Å². The Morgan fingerprint density at radius 3 is 2.72 bits per heavy atom. The molecule has 3 heteroatoms. The van der Waals surface area contributed by atoms with Crippen LogP contribution < -0.4 is 0 Å². The maximum absolute atomic E-state index is 11.4. The number of aromatic nitrogens is 2. The van der Waals surface area contributed by atoms with Gasteiger partial charge in [-0.05, 0) is 86.2 Å². The number of aliphatic hydroxyl groups excluding tert-OH is 1. The summed E-state index contributed by atoms with van der Waals surface area (Å²) in [4.78, 5) is 8.33. The number of benzene rings is 1. The third kappa shape index (κ3) is 2.39. The number of aliphatic hydroxyl groups is 1. The van der Waals surface area contributed by atoms with Crippen molar-refractivity contribution in [2.24, 2.45) is 34.5 Å². The molecule has 4 aliphatic carbocycles. The highest BCUT2D eigenvalue weighted by Gasteiger charge is 2.59. The number of fused-ring (bicyclic) bond motifs is 6. The van der Waals surface area contributed by atoms with Crippen molar-refractivity contribution >= 4 is 16.6 Å². The average Bonchev–Trinajstić information content (AvgIpc) is 3.26. The molecule has 29 heavy (non-hydrogen) atoms. The fraction of sp³-hybridized carbons (Fsp3) is 0.654. The summed E-state index contributed by atoms with van der Waals surface area (Å²) >= 11 is 0. The van der Waals surface area contributed by atoms with Crippen LogP contribution in [0.15, 0.2) is 30.0 Å². The van der Waals surface area contributed by atoms with Gasteiger partial charge in [-0.3, -0.25) is 0 Å². The fourth-order valence-electron chi connectivity index (χ4n) is 8.25. The van der Waals surface area contributed by atoms with E-state index in [9.17, 15) is 5.11 Å². The Morgan fingerprint density at radius 1 is 1.00 bits per heavy atom. The van der Waals surface area contributed by atoms with Gasteiger partial charge in [0, 0.05) is 11.0 Å². The highest BCUT2D eigenvalue weighted by atomic mass is 16.3. The lowest BCUT2D eigenvalue weighted by Gasteiger charge is -2.59. The molecule has 4 unspecified atom stereocenters. The summed E-state index contributed by atoms with van der Waals surface area (Å²) < 4.78 is 0. The highest BCUT2D eigenvalue weighted by Crippen LogP contribution is 2.67. The van der Waals surface area contributed by atoms with Gasteiger partial charge in [0.25, 0.3) is 0 Å². The Kier molecular flexibility index (Phi) is 3.81. The largest absolute Gasteiger partial charge is 0.511 e. The van der Waals surface area contributed by atoms with Crippen LogP contribution >= 0.6 is 0 Å². The normalized spacial score (nSPS) is 41.9. The van der Waals surface area contributed by atoms with E-state index >= 15 is 0 Å². The zero-order chi connectivity index (χ0) is 19.8. The van der Waals surface area contributed by atoms with Gasteiger partial charge in [0.1, 0.15) is 11.6 Å².